The lowest BCUT2D eigenvalue weighted by Gasteiger charge is -2.33. The van der Waals surface area contributed by atoms with E-state index in [0.717, 1.165) is 48.2 Å². The summed E-state index contributed by atoms with van der Waals surface area (Å²) in [5.74, 6) is 2.12. The van der Waals surface area contributed by atoms with Gasteiger partial charge in [-0.1, -0.05) is 36.4 Å². The summed E-state index contributed by atoms with van der Waals surface area (Å²) in [7, 11) is 1.68. The molecule has 1 unspecified atom stereocenters. The van der Waals surface area contributed by atoms with Crippen LogP contribution < -0.4 is 4.74 Å². The molecule has 1 amide bonds. The zero-order valence-corrected chi connectivity index (χ0v) is 15.0. The van der Waals surface area contributed by atoms with E-state index in [9.17, 15) is 4.79 Å². The normalized spacial score (nSPS) is 17.4. The number of furan rings is 1. The predicted molar refractivity (Wildman–Crippen MR) is 101 cm³/mol. The highest BCUT2D eigenvalue weighted by molar-refractivity contribution is 5.88. The van der Waals surface area contributed by atoms with E-state index in [4.69, 9.17) is 9.15 Å². The number of likely N-dealkylation sites (tertiary alicyclic amines) is 1. The second-order valence-corrected chi connectivity index (χ2v) is 6.88. The molecule has 1 aliphatic rings. The summed E-state index contributed by atoms with van der Waals surface area (Å²) in [5.41, 5.74) is 1.24. The molecule has 0 saturated carbocycles. The van der Waals surface area contributed by atoms with Gasteiger partial charge in [-0.05, 0) is 30.5 Å². The predicted octanol–water partition coefficient (Wildman–Crippen LogP) is 4.39. The lowest BCUT2D eigenvalue weighted by atomic mass is 9.90. The highest BCUT2D eigenvalue weighted by atomic mass is 16.5. The molecule has 2 aromatic carbocycles. The van der Waals surface area contributed by atoms with Crippen LogP contribution >= 0.6 is 0 Å². The third-order valence-corrected chi connectivity index (χ3v) is 5.24. The average Bonchev–Trinajstić information content (AvgIpc) is 3.11. The maximum atomic E-state index is 12.9. The number of carbonyl (C=O) groups is 1. The van der Waals surface area contributed by atoms with Gasteiger partial charge in [0.2, 0.25) is 5.91 Å². The second-order valence-electron chi connectivity index (χ2n) is 6.88. The molecule has 134 valence electrons. The van der Waals surface area contributed by atoms with Gasteiger partial charge in [-0.2, -0.15) is 0 Å². The molecule has 2 heterocycles. The maximum absolute atomic E-state index is 12.9. The van der Waals surface area contributed by atoms with E-state index in [1.54, 1.807) is 13.4 Å². The van der Waals surface area contributed by atoms with E-state index in [-0.39, 0.29) is 5.91 Å². The standard InChI is InChI=1S/C22H23NO3/c1-25-19-9-4-7-16(12-19)17-8-5-11-23(14-17)22(24)13-21-20-10-3-2-6-18(20)15-26-21/h2-4,6-7,9-10,12,15,17H,5,8,11,13-14H2,1H3. The Labute approximate surface area is 153 Å². The first-order valence-electron chi connectivity index (χ1n) is 9.11. The smallest absolute Gasteiger partial charge is 0.230 e. The Morgan fingerprint density at radius 1 is 1.23 bits per heavy atom. The Balaban J connectivity index is 1.47. The van der Waals surface area contributed by atoms with Crippen LogP contribution in [0.2, 0.25) is 0 Å². The van der Waals surface area contributed by atoms with Crippen LogP contribution in [0.5, 0.6) is 5.75 Å². The monoisotopic (exact) mass is 349 g/mol. The Kier molecular flexibility index (Phi) is 4.65. The quantitative estimate of drug-likeness (QED) is 0.701. The van der Waals surface area contributed by atoms with E-state index in [2.05, 4.69) is 12.1 Å². The molecule has 3 aromatic rings. The van der Waals surface area contributed by atoms with Crippen LogP contribution in [-0.2, 0) is 11.2 Å². The van der Waals surface area contributed by atoms with Gasteiger partial charge in [0.15, 0.2) is 0 Å². The van der Waals surface area contributed by atoms with Gasteiger partial charge >= 0.3 is 0 Å². The van der Waals surface area contributed by atoms with Crippen LogP contribution in [0, 0.1) is 0 Å². The van der Waals surface area contributed by atoms with Crippen LogP contribution in [0.4, 0.5) is 0 Å². The fourth-order valence-electron chi connectivity index (χ4n) is 3.81. The van der Waals surface area contributed by atoms with E-state index in [1.807, 2.05) is 41.3 Å². The minimum Gasteiger partial charge on any atom is -0.497 e. The van der Waals surface area contributed by atoms with Crippen molar-refractivity contribution in [2.75, 3.05) is 20.2 Å². The van der Waals surface area contributed by atoms with Crippen molar-refractivity contribution in [1.29, 1.82) is 0 Å². The van der Waals surface area contributed by atoms with Gasteiger partial charge in [-0.15, -0.1) is 0 Å². The van der Waals surface area contributed by atoms with Gasteiger partial charge < -0.3 is 14.1 Å². The van der Waals surface area contributed by atoms with Crippen LogP contribution in [0.1, 0.15) is 30.1 Å². The van der Waals surface area contributed by atoms with Gasteiger partial charge in [0, 0.05) is 29.8 Å². The van der Waals surface area contributed by atoms with Gasteiger partial charge in [-0.25, -0.2) is 0 Å². The van der Waals surface area contributed by atoms with E-state index >= 15 is 0 Å². The molecule has 0 bridgehead atoms. The van der Waals surface area contributed by atoms with Crippen molar-refractivity contribution >= 4 is 16.7 Å². The third kappa shape index (κ3) is 3.32. The minimum absolute atomic E-state index is 0.137. The number of methoxy groups -OCH3 is 1. The molecule has 4 heteroatoms. The summed E-state index contributed by atoms with van der Waals surface area (Å²) in [6.45, 7) is 1.57. The molecule has 1 atom stereocenters. The number of ether oxygens (including phenoxy) is 1. The van der Waals surface area contributed by atoms with Crippen molar-refractivity contribution in [1.82, 2.24) is 4.90 Å². The zero-order chi connectivity index (χ0) is 17.9. The Morgan fingerprint density at radius 3 is 3.00 bits per heavy atom. The van der Waals surface area contributed by atoms with Crippen LogP contribution in [0.3, 0.4) is 0 Å². The highest BCUT2D eigenvalue weighted by Crippen LogP contribution is 2.30. The molecular weight excluding hydrogens is 326 g/mol. The number of benzene rings is 2. The molecule has 1 aliphatic heterocycles. The summed E-state index contributed by atoms with van der Waals surface area (Å²) in [6.07, 6.45) is 4.17. The largest absolute Gasteiger partial charge is 0.497 e. The number of fused-ring (bicyclic) bond motifs is 1. The van der Waals surface area contributed by atoms with Gasteiger partial charge in [0.1, 0.15) is 11.5 Å². The van der Waals surface area contributed by atoms with Crippen molar-refractivity contribution in [3.05, 3.63) is 66.1 Å². The Bertz CT molecular complexity index is 914. The third-order valence-electron chi connectivity index (χ3n) is 5.24. The fourth-order valence-corrected chi connectivity index (χ4v) is 3.81. The number of hydrogen-bond donors (Lipinski definition) is 0. The number of hydrogen-bond acceptors (Lipinski definition) is 3. The molecule has 4 rings (SSSR count). The fraction of sp³-hybridized carbons (Fsp3) is 0.318. The molecular formula is C22H23NO3. The highest BCUT2D eigenvalue weighted by Gasteiger charge is 2.26. The number of amides is 1. The van der Waals surface area contributed by atoms with Crippen molar-refractivity contribution in [3.63, 3.8) is 0 Å². The number of piperidine rings is 1. The number of nitrogens with zero attached hydrogens (tertiary/aromatic N) is 1. The van der Waals surface area contributed by atoms with Crippen molar-refractivity contribution in [3.8, 4) is 5.75 Å². The molecule has 4 nitrogen and oxygen atoms in total. The molecule has 26 heavy (non-hydrogen) atoms. The topological polar surface area (TPSA) is 42.7 Å². The van der Waals surface area contributed by atoms with Gasteiger partial charge in [-0.3, -0.25) is 4.79 Å². The minimum atomic E-state index is 0.137. The van der Waals surface area contributed by atoms with Crippen LogP contribution in [-0.4, -0.2) is 31.0 Å². The lowest BCUT2D eigenvalue weighted by molar-refractivity contribution is -0.131. The first-order chi connectivity index (χ1) is 12.7. The summed E-state index contributed by atoms with van der Waals surface area (Å²) in [5, 5.41) is 2.07. The molecule has 0 aliphatic carbocycles. The summed E-state index contributed by atoms with van der Waals surface area (Å²) in [6, 6.07) is 16.2. The van der Waals surface area contributed by atoms with Crippen molar-refractivity contribution < 1.29 is 13.9 Å². The maximum Gasteiger partial charge on any atom is 0.230 e. The van der Waals surface area contributed by atoms with Crippen LogP contribution in [0.15, 0.2) is 59.2 Å². The molecule has 1 fully saturated rings. The zero-order valence-electron chi connectivity index (χ0n) is 15.0. The number of carbonyl (C=O) groups excluding carboxylic acids is 1. The van der Waals surface area contributed by atoms with E-state index in [1.165, 1.54) is 5.56 Å². The molecule has 1 saturated heterocycles. The second kappa shape index (κ2) is 7.24. The average molecular weight is 349 g/mol. The molecule has 0 spiro atoms. The summed E-state index contributed by atoms with van der Waals surface area (Å²) < 4.78 is 11.0. The van der Waals surface area contributed by atoms with Crippen molar-refractivity contribution in [2.45, 2.75) is 25.2 Å². The molecule has 0 radical (unpaired) electrons. The summed E-state index contributed by atoms with van der Waals surface area (Å²) in [4.78, 5) is 14.8. The number of rotatable bonds is 4. The van der Waals surface area contributed by atoms with Crippen molar-refractivity contribution in [2.24, 2.45) is 0 Å². The SMILES string of the molecule is COc1cccc(C2CCCN(C(=O)Cc3occ4ccccc34)C2)c1. The van der Waals surface area contributed by atoms with E-state index < -0.39 is 0 Å². The van der Waals surface area contributed by atoms with Gasteiger partial charge in [0.05, 0.1) is 19.8 Å². The molecule has 0 N–H and O–H groups in total. The van der Waals surface area contributed by atoms with Gasteiger partial charge in [0.25, 0.3) is 0 Å². The van der Waals surface area contributed by atoms with E-state index in [0.29, 0.717) is 12.3 Å². The lowest BCUT2D eigenvalue weighted by Crippen LogP contribution is -2.39. The first kappa shape index (κ1) is 16.7. The Hall–Kier alpha value is -2.75. The molecule has 1 aromatic heterocycles. The first-order valence-corrected chi connectivity index (χ1v) is 9.11. The Morgan fingerprint density at radius 2 is 2.12 bits per heavy atom. The summed E-state index contributed by atoms with van der Waals surface area (Å²) >= 11 is 0. The van der Waals surface area contributed by atoms with Crippen LogP contribution in [0.25, 0.3) is 10.8 Å².